The molecule has 1 heterocycles. The Hall–Kier alpha value is -2.59. The van der Waals surface area contributed by atoms with E-state index in [1.807, 2.05) is 31.2 Å². The van der Waals surface area contributed by atoms with Gasteiger partial charge in [-0.2, -0.15) is 0 Å². The number of hydrogen-bond acceptors (Lipinski definition) is 4. The molecule has 3 rings (SSSR count). The van der Waals surface area contributed by atoms with Gasteiger partial charge in [-0.15, -0.1) is 0 Å². The van der Waals surface area contributed by atoms with Crippen molar-refractivity contribution in [3.8, 4) is 0 Å². The second-order valence-electron chi connectivity index (χ2n) is 5.14. The zero-order valence-corrected chi connectivity index (χ0v) is 13.5. The Morgan fingerprint density at radius 2 is 2.04 bits per heavy atom. The smallest absolute Gasteiger partial charge is 0.337 e. The number of benzene rings is 2. The van der Waals surface area contributed by atoms with Crippen LogP contribution in [0.1, 0.15) is 15.9 Å². The summed E-state index contributed by atoms with van der Waals surface area (Å²) in [5, 5.41) is 4.79. The third-order valence-corrected chi connectivity index (χ3v) is 3.92. The third-order valence-electron chi connectivity index (χ3n) is 3.61. The quantitative estimate of drug-likeness (QED) is 0.707. The number of ether oxygens (including phenoxy) is 1. The maximum atomic E-state index is 11.6. The fourth-order valence-electron chi connectivity index (χ4n) is 2.46. The number of nitrogens with zero attached hydrogens (tertiary/aromatic N) is 1. The van der Waals surface area contributed by atoms with Crippen LogP contribution in [0.5, 0.6) is 0 Å². The fourth-order valence-corrected chi connectivity index (χ4v) is 2.72. The van der Waals surface area contributed by atoms with Crippen molar-refractivity contribution in [3.63, 3.8) is 0 Å². The Morgan fingerprint density at radius 1 is 1.22 bits per heavy atom. The lowest BCUT2D eigenvalue weighted by Gasteiger charge is -2.12. The Kier molecular flexibility index (Phi) is 4.17. The van der Waals surface area contributed by atoms with Gasteiger partial charge in [-0.1, -0.05) is 23.7 Å². The van der Waals surface area contributed by atoms with Crippen molar-refractivity contribution < 1.29 is 9.53 Å². The van der Waals surface area contributed by atoms with Crippen molar-refractivity contribution in [2.24, 2.45) is 0 Å². The van der Waals surface area contributed by atoms with Gasteiger partial charge in [0.1, 0.15) is 0 Å². The minimum Gasteiger partial charge on any atom is -0.465 e. The number of methoxy groups -OCH3 is 1. The number of carbonyl (C=O) groups excluding carboxylic acids is 1. The molecular weight excluding hydrogens is 312 g/mol. The molecule has 1 aromatic heterocycles. The van der Waals surface area contributed by atoms with Crippen molar-refractivity contribution in [2.45, 2.75) is 6.92 Å². The van der Waals surface area contributed by atoms with E-state index in [4.69, 9.17) is 16.3 Å². The van der Waals surface area contributed by atoms with Crippen LogP contribution in [0.3, 0.4) is 0 Å². The zero-order chi connectivity index (χ0) is 16.4. The summed E-state index contributed by atoms with van der Waals surface area (Å²) in [7, 11) is 1.36. The molecule has 0 fully saturated rings. The van der Waals surface area contributed by atoms with Gasteiger partial charge in [-0.05, 0) is 42.8 Å². The molecule has 0 radical (unpaired) electrons. The van der Waals surface area contributed by atoms with Crippen LogP contribution in [0, 0.1) is 6.92 Å². The van der Waals surface area contributed by atoms with E-state index < -0.39 is 0 Å². The Bertz CT molecular complexity index is 893. The van der Waals surface area contributed by atoms with Crippen molar-refractivity contribution in [3.05, 3.63) is 64.8 Å². The highest BCUT2D eigenvalue weighted by Crippen LogP contribution is 2.32. The summed E-state index contributed by atoms with van der Waals surface area (Å²) in [6, 6.07) is 12.8. The van der Waals surface area contributed by atoms with Crippen LogP contribution in [-0.4, -0.2) is 18.1 Å². The number of nitrogens with one attached hydrogen (secondary N) is 1. The summed E-state index contributed by atoms with van der Waals surface area (Å²) < 4.78 is 4.75. The molecule has 23 heavy (non-hydrogen) atoms. The van der Waals surface area contributed by atoms with Crippen LogP contribution < -0.4 is 5.32 Å². The van der Waals surface area contributed by atoms with E-state index in [0.717, 1.165) is 27.8 Å². The normalized spacial score (nSPS) is 10.6. The van der Waals surface area contributed by atoms with E-state index in [9.17, 15) is 4.79 Å². The Balaban J connectivity index is 2.06. The number of rotatable bonds is 3. The highest BCUT2D eigenvalue weighted by atomic mass is 35.5. The molecule has 0 saturated carbocycles. The van der Waals surface area contributed by atoms with Crippen LogP contribution >= 0.6 is 11.6 Å². The van der Waals surface area contributed by atoms with E-state index >= 15 is 0 Å². The molecule has 0 unspecified atom stereocenters. The number of aromatic nitrogens is 1. The van der Waals surface area contributed by atoms with Gasteiger partial charge in [0.15, 0.2) is 0 Å². The lowest BCUT2D eigenvalue weighted by Crippen LogP contribution is -2.02. The van der Waals surface area contributed by atoms with Crippen LogP contribution in [-0.2, 0) is 4.74 Å². The molecule has 0 bridgehead atoms. The minimum atomic E-state index is -0.373. The van der Waals surface area contributed by atoms with Gasteiger partial charge >= 0.3 is 5.97 Å². The number of hydrogen-bond donors (Lipinski definition) is 1. The fraction of sp³-hybridized carbons (Fsp3) is 0.111. The maximum Gasteiger partial charge on any atom is 0.337 e. The van der Waals surface area contributed by atoms with Gasteiger partial charge in [-0.3, -0.25) is 4.98 Å². The topological polar surface area (TPSA) is 51.2 Å². The van der Waals surface area contributed by atoms with Gasteiger partial charge in [0, 0.05) is 17.3 Å². The molecule has 4 nitrogen and oxygen atoms in total. The predicted molar refractivity (Wildman–Crippen MR) is 92.6 cm³/mol. The van der Waals surface area contributed by atoms with E-state index in [0.29, 0.717) is 10.6 Å². The second kappa shape index (κ2) is 6.26. The van der Waals surface area contributed by atoms with E-state index in [1.54, 1.807) is 24.4 Å². The van der Waals surface area contributed by atoms with Gasteiger partial charge in [0.25, 0.3) is 0 Å². The van der Waals surface area contributed by atoms with Crippen molar-refractivity contribution >= 4 is 39.8 Å². The average Bonchev–Trinajstić information content (AvgIpc) is 2.58. The molecule has 0 saturated heterocycles. The highest BCUT2D eigenvalue weighted by Gasteiger charge is 2.10. The van der Waals surface area contributed by atoms with Gasteiger partial charge in [0.2, 0.25) is 0 Å². The van der Waals surface area contributed by atoms with Crippen molar-refractivity contribution in [1.29, 1.82) is 0 Å². The zero-order valence-electron chi connectivity index (χ0n) is 12.8. The first kappa shape index (κ1) is 15.3. The van der Waals surface area contributed by atoms with Crippen LogP contribution in [0.15, 0.2) is 48.7 Å². The van der Waals surface area contributed by atoms with Crippen molar-refractivity contribution in [1.82, 2.24) is 4.98 Å². The first-order chi connectivity index (χ1) is 11.1. The predicted octanol–water partition coefficient (Wildman–Crippen LogP) is 4.73. The molecule has 2 aromatic carbocycles. The molecular formula is C18H15ClN2O2. The third kappa shape index (κ3) is 2.98. The monoisotopic (exact) mass is 326 g/mol. The summed E-state index contributed by atoms with van der Waals surface area (Å²) >= 11 is 6.35. The van der Waals surface area contributed by atoms with E-state index in [1.165, 1.54) is 7.11 Å². The van der Waals surface area contributed by atoms with Gasteiger partial charge < -0.3 is 10.1 Å². The molecule has 116 valence electrons. The molecule has 0 spiro atoms. The summed E-state index contributed by atoms with van der Waals surface area (Å²) in [4.78, 5) is 16.1. The van der Waals surface area contributed by atoms with E-state index in [2.05, 4.69) is 10.3 Å². The largest absolute Gasteiger partial charge is 0.465 e. The number of fused-ring (bicyclic) bond motifs is 1. The summed E-state index contributed by atoms with van der Waals surface area (Å²) in [6.07, 6.45) is 1.73. The van der Waals surface area contributed by atoms with Gasteiger partial charge in [-0.25, -0.2) is 4.79 Å². The van der Waals surface area contributed by atoms with Crippen LogP contribution in [0.25, 0.3) is 10.9 Å². The van der Waals surface area contributed by atoms with Crippen LogP contribution in [0.2, 0.25) is 5.02 Å². The first-order valence-electron chi connectivity index (χ1n) is 7.09. The second-order valence-corrected chi connectivity index (χ2v) is 5.55. The summed E-state index contributed by atoms with van der Waals surface area (Å²) in [6.45, 7) is 1.99. The lowest BCUT2D eigenvalue weighted by molar-refractivity contribution is 0.0601. The molecule has 1 N–H and O–H groups in total. The molecule has 0 aliphatic carbocycles. The first-order valence-corrected chi connectivity index (χ1v) is 7.47. The molecule has 5 heteroatoms. The number of carbonyl (C=O) groups is 1. The maximum absolute atomic E-state index is 11.6. The standard InChI is InChI=1S/C18H15ClN2O2/c1-11-6-7-14(19)16-15(8-9-20-17(11)16)21-13-5-3-4-12(10-13)18(22)23-2/h3-10H,1-2H3,(H,20,21). The number of pyridine rings is 1. The number of aryl methyl sites for hydroxylation is 1. The number of halogens is 1. The SMILES string of the molecule is COC(=O)c1cccc(Nc2ccnc3c(C)ccc(Cl)c23)c1. The van der Waals surface area contributed by atoms with Crippen molar-refractivity contribution in [2.75, 3.05) is 12.4 Å². The summed E-state index contributed by atoms with van der Waals surface area (Å²) in [5.41, 5.74) is 4.00. The number of anilines is 2. The average molecular weight is 327 g/mol. The molecule has 0 amide bonds. The number of esters is 1. The molecule has 0 aliphatic heterocycles. The Labute approximate surface area is 139 Å². The molecule has 3 aromatic rings. The van der Waals surface area contributed by atoms with E-state index in [-0.39, 0.29) is 5.97 Å². The minimum absolute atomic E-state index is 0.373. The molecule has 0 atom stereocenters. The summed E-state index contributed by atoms with van der Waals surface area (Å²) in [5.74, 6) is -0.373. The highest BCUT2D eigenvalue weighted by molar-refractivity contribution is 6.36. The lowest BCUT2D eigenvalue weighted by atomic mass is 10.1. The molecule has 0 aliphatic rings. The Morgan fingerprint density at radius 3 is 2.83 bits per heavy atom. The van der Waals surface area contributed by atoms with Gasteiger partial charge in [0.05, 0.1) is 28.9 Å². The van der Waals surface area contributed by atoms with Crippen LogP contribution in [0.4, 0.5) is 11.4 Å².